The summed E-state index contributed by atoms with van der Waals surface area (Å²) in [7, 11) is 1.30. The van der Waals surface area contributed by atoms with Gasteiger partial charge in [-0.1, -0.05) is 0 Å². The first-order chi connectivity index (χ1) is 6.66. The second-order valence-corrected chi connectivity index (χ2v) is 3.06. The number of hydrogen-bond acceptors (Lipinski definition) is 3. The van der Waals surface area contributed by atoms with E-state index in [1.54, 1.807) is 25.3 Å². The number of carbonyl (C=O) groups is 2. The summed E-state index contributed by atoms with van der Waals surface area (Å²) in [6.07, 6.45) is 1.64. The fraction of sp³-hybridized carbons (Fsp3) is 0.200. The van der Waals surface area contributed by atoms with Crippen LogP contribution in [0.4, 0.5) is 0 Å². The summed E-state index contributed by atoms with van der Waals surface area (Å²) in [6.45, 7) is 1.63. The summed E-state index contributed by atoms with van der Waals surface area (Å²) in [5.41, 5.74) is 1.41. The number of fused-ring (bicyclic) bond motifs is 1. The number of ether oxygens (including phenoxy) is 1. The minimum Gasteiger partial charge on any atom is -0.465 e. The summed E-state index contributed by atoms with van der Waals surface area (Å²) in [5.74, 6) is -0.626. The third kappa shape index (κ3) is 0.937. The van der Waals surface area contributed by atoms with E-state index < -0.39 is 5.97 Å². The van der Waals surface area contributed by atoms with Crippen LogP contribution in [0.1, 0.15) is 17.4 Å². The smallest absolute Gasteiger partial charge is 0.340 e. The van der Waals surface area contributed by atoms with Gasteiger partial charge >= 0.3 is 5.97 Å². The highest BCUT2D eigenvalue weighted by atomic mass is 16.5. The van der Waals surface area contributed by atoms with Gasteiger partial charge in [-0.15, -0.1) is 0 Å². The van der Waals surface area contributed by atoms with E-state index in [-0.39, 0.29) is 5.91 Å². The van der Waals surface area contributed by atoms with E-state index >= 15 is 0 Å². The van der Waals surface area contributed by atoms with Gasteiger partial charge in [-0.2, -0.15) is 0 Å². The van der Waals surface area contributed by atoms with Crippen LogP contribution in [0.25, 0.3) is 5.57 Å². The van der Waals surface area contributed by atoms with Crippen LogP contribution in [0, 0.1) is 0 Å². The molecule has 0 atom stereocenters. The highest BCUT2D eigenvalue weighted by Gasteiger charge is 2.30. The van der Waals surface area contributed by atoms with Crippen molar-refractivity contribution in [3.05, 3.63) is 29.6 Å². The van der Waals surface area contributed by atoms with Crippen LogP contribution in [0.15, 0.2) is 23.9 Å². The molecule has 0 aliphatic carbocycles. The zero-order chi connectivity index (χ0) is 10.3. The lowest BCUT2D eigenvalue weighted by Crippen LogP contribution is -2.04. The topological polar surface area (TPSA) is 48.3 Å². The first-order valence-electron chi connectivity index (χ1n) is 4.18. The zero-order valence-corrected chi connectivity index (χ0v) is 7.90. The van der Waals surface area contributed by atoms with Crippen LogP contribution >= 0.6 is 0 Å². The molecule has 2 heterocycles. The van der Waals surface area contributed by atoms with Crippen molar-refractivity contribution in [2.24, 2.45) is 0 Å². The summed E-state index contributed by atoms with van der Waals surface area (Å²) in [4.78, 5) is 23.0. The predicted molar refractivity (Wildman–Crippen MR) is 49.7 cm³/mol. The molecule has 1 aliphatic heterocycles. The number of hydrogen-bond donors (Lipinski definition) is 0. The molecule has 2 rings (SSSR count). The van der Waals surface area contributed by atoms with Gasteiger partial charge in [-0.3, -0.25) is 9.36 Å². The molecule has 14 heavy (non-hydrogen) atoms. The average molecular weight is 191 g/mol. The standard InChI is InChI=1S/C10H9NO3/c1-6-8(10(13)14-2)7-4-3-5-11(7)9(6)12/h3-5H,1-2H3. The van der Waals surface area contributed by atoms with Crippen LogP contribution < -0.4 is 0 Å². The molecule has 4 heteroatoms. The number of nitrogens with zero attached hydrogens (tertiary/aromatic N) is 1. The Kier molecular flexibility index (Phi) is 1.77. The van der Waals surface area contributed by atoms with Crippen molar-refractivity contribution in [2.75, 3.05) is 7.11 Å². The Bertz CT molecular complexity index is 454. The Morgan fingerprint density at radius 3 is 2.86 bits per heavy atom. The van der Waals surface area contributed by atoms with Crippen molar-refractivity contribution in [1.82, 2.24) is 4.57 Å². The molecule has 0 saturated heterocycles. The lowest BCUT2D eigenvalue weighted by molar-refractivity contribution is -0.133. The van der Waals surface area contributed by atoms with E-state index in [2.05, 4.69) is 4.74 Å². The molecule has 0 aromatic carbocycles. The Morgan fingerprint density at radius 1 is 1.50 bits per heavy atom. The molecule has 0 amide bonds. The molecule has 0 bridgehead atoms. The third-order valence-electron chi connectivity index (χ3n) is 2.31. The number of rotatable bonds is 1. The van der Waals surface area contributed by atoms with E-state index in [1.165, 1.54) is 11.7 Å². The van der Waals surface area contributed by atoms with Crippen LogP contribution in [0.2, 0.25) is 0 Å². The second-order valence-electron chi connectivity index (χ2n) is 3.06. The van der Waals surface area contributed by atoms with Gasteiger partial charge in [0, 0.05) is 11.8 Å². The zero-order valence-electron chi connectivity index (χ0n) is 7.90. The molecule has 1 aliphatic rings. The van der Waals surface area contributed by atoms with Gasteiger partial charge in [0.25, 0.3) is 5.91 Å². The van der Waals surface area contributed by atoms with E-state index in [0.717, 1.165) is 0 Å². The minimum atomic E-state index is -0.465. The first-order valence-corrected chi connectivity index (χ1v) is 4.18. The number of carbonyl (C=O) groups excluding carboxylic acids is 2. The minimum absolute atomic E-state index is 0.162. The molecule has 0 radical (unpaired) electrons. The van der Waals surface area contributed by atoms with Gasteiger partial charge in [-0.25, -0.2) is 4.79 Å². The summed E-state index contributed by atoms with van der Waals surface area (Å²) in [5, 5.41) is 0. The maximum Gasteiger partial charge on any atom is 0.340 e. The van der Waals surface area contributed by atoms with Crippen LogP contribution in [-0.2, 0) is 9.53 Å². The van der Waals surface area contributed by atoms with Crippen LogP contribution in [-0.4, -0.2) is 23.6 Å². The number of aromatic nitrogens is 1. The highest BCUT2D eigenvalue weighted by Crippen LogP contribution is 2.28. The SMILES string of the molecule is COC(=O)C1=C(C)C(=O)n2cccc21. The van der Waals surface area contributed by atoms with Crippen LogP contribution in [0.3, 0.4) is 0 Å². The average Bonchev–Trinajstić information content (AvgIpc) is 2.72. The van der Waals surface area contributed by atoms with E-state index in [1.807, 2.05) is 0 Å². The Labute approximate surface area is 80.8 Å². The fourth-order valence-electron chi connectivity index (χ4n) is 1.60. The number of esters is 1. The molecule has 0 spiro atoms. The van der Waals surface area contributed by atoms with E-state index in [4.69, 9.17) is 0 Å². The molecule has 72 valence electrons. The largest absolute Gasteiger partial charge is 0.465 e. The summed E-state index contributed by atoms with van der Waals surface area (Å²) >= 11 is 0. The maximum atomic E-state index is 11.6. The molecule has 1 aromatic heterocycles. The Hall–Kier alpha value is -1.84. The molecular weight excluding hydrogens is 182 g/mol. The predicted octanol–water partition coefficient (Wildman–Crippen LogP) is 1.09. The summed E-state index contributed by atoms with van der Waals surface area (Å²) < 4.78 is 6.06. The van der Waals surface area contributed by atoms with Crippen molar-refractivity contribution in [1.29, 1.82) is 0 Å². The van der Waals surface area contributed by atoms with E-state index in [0.29, 0.717) is 16.8 Å². The van der Waals surface area contributed by atoms with Gasteiger partial charge in [0.15, 0.2) is 0 Å². The first kappa shape index (κ1) is 8.74. The van der Waals surface area contributed by atoms with Gasteiger partial charge in [-0.05, 0) is 19.1 Å². The van der Waals surface area contributed by atoms with Crippen molar-refractivity contribution >= 4 is 17.4 Å². The highest BCUT2D eigenvalue weighted by molar-refractivity contribution is 6.27. The normalized spacial score (nSPS) is 14.6. The maximum absolute atomic E-state index is 11.6. The number of methoxy groups -OCH3 is 1. The van der Waals surface area contributed by atoms with Gasteiger partial charge in [0.05, 0.1) is 18.4 Å². The molecule has 1 aromatic rings. The van der Waals surface area contributed by atoms with Crippen molar-refractivity contribution in [3.63, 3.8) is 0 Å². The van der Waals surface area contributed by atoms with Crippen molar-refractivity contribution < 1.29 is 14.3 Å². The van der Waals surface area contributed by atoms with Gasteiger partial charge in [0.1, 0.15) is 0 Å². The lowest BCUT2D eigenvalue weighted by Gasteiger charge is -1.99. The Balaban J connectivity index is 2.61. The number of allylic oxidation sites excluding steroid dienone is 1. The molecule has 0 N–H and O–H groups in total. The lowest BCUT2D eigenvalue weighted by atomic mass is 10.1. The molecule has 0 unspecified atom stereocenters. The molecule has 0 fully saturated rings. The van der Waals surface area contributed by atoms with E-state index in [9.17, 15) is 9.59 Å². The summed E-state index contributed by atoms with van der Waals surface area (Å²) in [6, 6.07) is 3.45. The van der Waals surface area contributed by atoms with Crippen molar-refractivity contribution in [2.45, 2.75) is 6.92 Å². The van der Waals surface area contributed by atoms with Gasteiger partial charge < -0.3 is 4.74 Å². The van der Waals surface area contributed by atoms with Gasteiger partial charge in [0.2, 0.25) is 0 Å². The molecular formula is C10H9NO3. The van der Waals surface area contributed by atoms with Crippen LogP contribution in [0.5, 0.6) is 0 Å². The molecule has 4 nitrogen and oxygen atoms in total. The fourth-order valence-corrected chi connectivity index (χ4v) is 1.60. The quantitative estimate of drug-likeness (QED) is 0.624. The third-order valence-corrected chi connectivity index (χ3v) is 2.31. The Morgan fingerprint density at radius 2 is 2.21 bits per heavy atom. The molecule has 0 saturated carbocycles. The monoisotopic (exact) mass is 191 g/mol. The second kappa shape index (κ2) is 2.83. The van der Waals surface area contributed by atoms with Crippen molar-refractivity contribution in [3.8, 4) is 0 Å².